The maximum atomic E-state index is 8.59. The maximum Gasteiger partial charge on any atom is 0.0625 e. The molecule has 0 aromatic heterocycles. The summed E-state index contributed by atoms with van der Waals surface area (Å²) in [5.74, 6) is 0. The van der Waals surface area contributed by atoms with Gasteiger partial charge in [0.15, 0.2) is 0 Å². The predicted molar refractivity (Wildman–Crippen MR) is 70.5 cm³/mol. The van der Waals surface area contributed by atoms with Crippen LogP contribution in [0.1, 0.15) is 17.5 Å². The SMILES string of the molecule is Cc1ccc(-c2cccc(CCC#N)c2)cc1. The van der Waals surface area contributed by atoms with Crippen LogP contribution < -0.4 is 0 Å². The van der Waals surface area contributed by atoms with Crippen LogP contribution in [0.5, 0.6) is 0 Å². The van der Waals surface area contributed by atoms with E-state index in [0.29, 0.717) is 6.42 Å². The predicted octanol–water partition coefficient (Wildman–Crippen LogP) is 4.12. The van der Waals surface area contributed by atoms with Crippen LogP contribution in [0.3, 0.4) is 0 Å². The molecule has 0 unspecified atom stereocenters. The van der Waals surface area contributed by atoms with E-state index in [1.54, 1.807) is 0 Å². The molecule has 0 bridgehead atoms. The Bertz CT molecular complexity index is 532. The zero-order chi connectivity index (χ0) is 12.1. The third-order valence-corrected chi connectivity index (χ3v) is 2.84. The molecule has 84 valence electrons. The zero-order valence-corrected chi connectivity index (χ0v) is 9.98. The minimum Gasteiger partial charge on any atom is -0.198 e. The zero-order valence-electron chi connectivity index (χ0n) is 9.98. The second-order valence-corrected chi connectivity index (χ2v) is 4.22. The fourth-order valence-electron chi connectivity index (χ4n) is 1.85. The molecular weight excluding hydrogens is 206 g/mol. The van der Waals surface area contributed by atoms with Crippen molar-refractivity contribution in [3.8, 4) is 17.2 Å². The lowest BCUT2D eigenvalue weighted by molar-refractivity contribution is 1.01. The van der Waals surface area contributed by atoms with Gasteiger partial charge in [0.25, 0.3) is 0 Å². The summed E-state index contributed by atoms with van der Waals surface area (Å²) >= 11 is 0. The van der Waals surface area contributed by atoms with E-state index in [-0.39, 0.29) is 0 Å². The summed E-state index contributed by atoms with van der Waals surface area (Å²) in [6.45, 7) is 2.09. The van der Waals surface area contributed by atoms with Crippen LogP contribution >= 0.6 is 0 Å². The Kier molecular flexibility index (Phi) is 3.57. The van der Waals surface area contributed by atoms with E-state index in [2.05, 4.69) is 61.5 Å². The molecule has 0 spiro atoms. The molecule has 0 amide bonds. The highest BCUT2D eigenvalue weighted by Crippen LogP contribution is 2.21. The molecule has 0 heterocycles. The largest absolute Gasteiger partial charge is 0.198 e. The number of hydrogen-bond acceptors (Lipinski definition) is 1. The summed E-state index contributed by atoms with van der Waals surface area (Å²) in [6, 6.07) is 19.1. The van der Waals surface area contributed by atoms with Crippen LogP contribution in [0.25, 0.3) is 11.1 Å². The number of hydrogen-bond donors (Lipinski definition) is 0. The van der Waals surface area contributed by atoms with Gasteiger partial charge >= 0.3 is 0 Å². The molecule has 0 saturated heterocycles. The van der Waals surface area contributed by atoms with Crippen molar-refractivity contribution in [2.24, 2.45) is 0 Å². The minimum absolute atomic E-state index is 0.581. The summed E-state index contributed by atoms with van der Waals surface area (Å²) in [5.41, 5.74) is 4.95. The van der Waals surface area contributed by atoms with E-state index in [9.17, 15) is 0 Å². The van der Waals surface area contributed by atoms with Gasteiger partial charge in [0.05, 0.1) is 6.07 Å². The molecule has 0 aliphatic rings. The molecule has 17 heavy (non-hydrogen) atoms. The van der Waals surface area contributed by atoms with Crippen LogP contribution in [-0.4, -0.2) is 0 Å². The standard InChI is InChI=1S/C16H15N/c1-13-7-9-15(10-8-13)16-6-2-4-14(12-16)5-3-11-17/h2,4,6-10,12H,3,5H2,1H3. The molecule has 0 aliphatic carbocycles. The number of benzene rings is 2. The average Bonchev–Trinajstić information content (AvgIpc) is 2.37. The first kappa shape index (κ1) is 11.4. The van der Waals surface area contributed by atoms with Crippen molar-refractivity contribution < 1.29 is 0 Å². The number of nitriles is 1. The van der Waals surface area contributed by atoms with Gasteiger partial charge in [-0.1, -0.05) is 54.1 Å². The smallest absolute Gasteiger partial charge is 0.0625 e. The van der Waals surface area contributed by atoms with Gasteiger partial charge in [-0.15, -0.1) is 0 Å². The van der Waals surface area contributed by atoms with Crippen molar-refractivity contribution >= 4 is 0 Å². The van der Waals surface area contributed by atoms with Gasteiger partial charge in [0.1, 0.15) is 0 Å². The van der Waals surface area contributed by atoms with E-state index in [1.807, 2.05) is 0 Å². The van der Waals surface area contributed by atoms with Crippen molar-refractivity contribution in [3.63, 3.8) is 0 Å². The van der Waals surface area contributed by atoms with Crippen molar-refractivity contribution in [3.05, 3.63) is 59.7 Å². The summed E-state index contributed by atoms with van der Waals surface area (Å²) in [5, 5.41) is 8.59. The van der Waals surface area contributed by atoms with E-state index in [1.165, 1.54) is 22.3 Å². The van der Waals surface area contributed by atoms with Gasteiger partial charge in [-0.2, -0.15) is 5.26 Å². The summed E-state index contributed by atoms with van der Waals surface area (Å²) in [6.07, 6.45) is 1.41. The number of nitrogens with zero attached hydrogens (tertiary/aromatic N) is 1. The minimum atomic E-state index is 0.581. The highest BCUT2D eigenvalue weighted by atomic mass is 14.2. The first-order valence-corrected chi connectivity index (χ1v) is 5.82. The molecule has 2 rings (SSSR count). The molecule has 2 aromatic rings. The first-order valence-electron chi connectivity index (χ1n) is 5.82. The van der Waals surface area contributed by atoms with E-state index in [0.717, 1.165) is 6.42 Å². The maximum absolute atomic E-state index is 8.59. The second-order valence-electron chi connectivity index (χ2n) is 4.22. The fourth-order valence-corrected chi connectivity index (χ4v) is 1.85. The van der Waals surface area contributed by atoms with Gasteiger partial charge in [-0.05, 0) is 30.0 Å². The summed E-state index contributed by atoms with van der Waals surface area (Å²) in [4.78, 5) is 0. The van der Waals surface area contributed by atoms with Crippen molar-refractivity contribution in [2.45, 2.75) is 19.8 Å². The Labute approximate surface area is 102 Å². The monoisotopic (exact) mass is 221 g/mol. The number of aryl methyl sites for hydroxylation is 2. The Morgan fingerprint density at radius 3 is 2.47 bits per heavy atom. The Balaban J connectivity index is 2.27. The normalized spacial score (nSPS) is 9.88. The van der Waals surface area contributed by atoms with Gasteiger partial charge < -0.3 is 0 Å². The number of rotatable bonds is 3. The summed E-state index contributed by atoms with van der Waals surface area (Å²) in [7, 11) is 0. The quantitative estimate of drug-likeness (QED) is 0.764. The van der Waals surface area contributed by atoms with E-state index >= 15 is 0 Å². The molecule has 0 aliphatic heterocycles. The Hall–Kier alpha value is -2.07. The lowest BCUT2D eigenvalue weighted by Crippen LogP contribution is -1.85. The molecule has 2 aromatic carbocycles. The van der Waals surface area contributed by atoms with Crippen molar-refractivity contribution in [1.29, 1.82) is 5.26 Å². The van der Waals surface area contributed by atoms with E-state index < -0.39 is 0 Å². The second kappa shape index (κ2) is 5.32. The van der Waals surface area contributed by atoms with Gasteiger partial charge in [-0.25, -0.2) is 0 Å². The van der Waals surface area contributed by atoms with Gasteiger partial charge in [-0.3, -0.25) is 0 Å². The van der Waals surface area contributed by atoms with Crippen molar-refractivity contribution in [1.82, 2.24) is 0 Å². The summed E-state index contributed by atoms with van der Waals surface area (Å²) < 4.78 is 0. The molecule has 0 N–H and O–H groups in total. The molecular formula is C16H15N. The topological polar surface area (TPSA) is 23.8 Å². The Morgan fingerprint density at radius 2 is 1.76 bits per heavy atom. The first-order chi connectivity index (χ1) is 8.29. The molecule has 0 atom stereocenters. The Morgan fingerprint density at radius 1 is 1.00 bits per heavy atom. The average molecular weight is 221 g/mol. The van der Waals surface area contributed by atoms with Crippen LogP contribution in [0, 0.1) is 18.3 Å². The molecule has 0 radical (unpaired) electrons. The third kappa shape index (κ3) is 2.95. The van der Waals surface area contributed by atoms with Gasteiger partial charge in [0, 0.05) is 6.42 Å². The molecule has 1 nitrogen and oxygen atoms in total. The lowest BCUT2D eigenvalue weighted by atomic mass is 10.0. The highest BCUT2D eigenvalue weighted by Gasteiger charge is 1.99. The third-order valence-electron chi connectivity index (χ3n) is 2.84. The van der Waals surface area contributed by atoms with Crippen LogP contribution in [-0.2, 0) is 6.42 Å². The fraction of sp³-hybridized carbons (Fsp3) is 0.188. The van der Waals surface area contributed by atoms with E-state index in [4.69, 9.17) is 5.26 Å². The highest BCUT2D eigenvalue weighted by molar-refractivity contribution is 5.64. The van der Waals surface area contributed by atoms with Crippen molar-refractivity contribution in [2.75, 3.05) is 0 Å². The molecule has 1 heteroatoms. The van der Waals surface area contributed by atoms with Crippen LogP contribution in [0.15, 0.2) is 48.5 Å². The van der Waals surface area contributed by atoms with Gasteiger partial charge in [0.2, 0.25) is 0 Å². The molecule has 0 fully saturated rings. The van der Waals surface area contributed by atoms with Crippen LogP contribution in [0.2, 0.25) is 0 Å². The molecule has 0 saturated carbocycles. The lowest BCUT2D eigenvalue weighted by Gasteiger charge is -2.04. The van der Waals surface area contributed by atoms with Crippen LogP contribution in [0.4, 0.5) is 0 Å².